The molecule has 0 atom stereocenters. The average Bonchev–Trinajstić information content (AvgIpc) is 2.97. The minimum atomic E-state index is -3.46. The Balaban J connectivity index is 1.92. The van der Waals surface area contributed by atoms with E-state index in [0.29, 0.717) is 12.3 Å². The molecule has 0 saturated heterocycles. The van der Waals surface area contributed by atoms with Crippen LogP contribution in [0, 0.1) is 10.1 Å². The van der Waals surface area contributed by atoms with Gasteiger partial charge in [0, 0.05) is 14.1 Å². The molecular weight excluding hydrogens is 324 g/mol. The van der Waals surface area contributed by atoms with Gasteiger partial charge in [-0.3, -0.25) is 0 Å². The Morgan fingerprint density at radius 2 is 1.96 bits per heavy atom. The maximum Gasteiger partial charge on any atom is 0.381 e. The molecule has 0 unspecified atom stereocenters. The Morgan fingerprint density at radius 3 is 2.48 bits per heavy atom. The van der Waals surface area contributed by atoms with E-state index in [-0.39, 0.29) is 17.3 Å². The summed E-state index contributed by atoms with van der Waals surface area (Å²) in [5.74, 6) is 0.292. The van der Waals surface area contributed by atoms with Gasteiger partial charge < -0.3 is 19.4 Å². The molecular formula is C13H16N4O5S. The predicted molar refractivity (Wildman–Crippen MR) is 81.7 cm³/mol. The summed E-state index contributed by atoms with van der Waals surface area (Å²) in [4.78, 5) is 13.8. The highest BCUT2D eigenvalue weighted by molar-refractivity contribution is 7.89. The van der Waals surface area contributed by atoms with Gasteiger partial charge in [0.15, 0.2) is 0 Å². The molecule has 0 spiro atoms. The largest absolute Gasteiger partial charge is 0.492 e. The number of ether oxygens (including phenoxy) is 1. The van der Waals surface area contributed by atoms with Crippen molar-refractivity contribution in [1.29, 1.82) is 0 Å². The zero-order chi connectivity index (χ0) is 17.0. The summed E-state index contributed by atoms with van der Waals surface area (Å²) in [5.41, 5.74) is 0. The van der Waals surface area contributed by atoms with Crippen LogP contribution in [-0.4, -0.2) is 47.9 Å². The maximum absolute atomic E-state index is 11.9. The van der Waals surface area contributed by atoms with Crippen LogP contribution < -0.4 is 4.74 Å². The van der Waals surface area contributed by atoms with E-state index in [2.05, 4.69) is 4.98 Å². The van der Waals surface area contributed by atoms with Crippen LogP contribution in [0.3, 0.4) is 0 Å². The van der Waals surface area contributed by atoms with Crippen LogP contribution in [0.5, 0.6) is 5.75 Å². The Kier molecular flexibility index (Phi) is 4.96. The first kappa shape index (κ1) is 16.9. The lowest BCUT2D eigenvalue weighted by Gasteiger charge is -2.12. The van der Waals surface area contributed by atoms with E-state index in [9.17, 15) is 18.5 Å². The number of hydrogen-bond acceptors (Lipinski definition) is 6. The van der Waals surface area contributed by atoms with Gasteiger partial charge in [-0.25, -0.2) is 12.7 Å². The van der Waals surface area contributed by atoms with E-state index in [1.54, 1.807) is 16.7 Å². The highest BCUT2D eigenvalue weighted by Gasteiger charge is 2.16. The topological polar surface area (TPSA) is 108 Å². The molecule has 1 aromatic heterocycles. The van der Waals surface area contributed by atoms with Gasteiger partial charge in [-0.15, -0.1) is 0 Å². The minimum Gasteiger partial charge on any atom is -0.492 e. The zero-order valence-corrected chi connectivity index (χ0v) is 13.4. The van der Waals surface area contributed by atoms with E-state index in [4.69, 9.17) is 4.74 Å². The number of imidazole rings is 1. The average molecular weight is 340 g/mol. The summed E-state index contributed by atoms with van der Waals surface area (Å²) in [7, 11) is -0.536. The van der Waals surface area contributed by atoms with Crippen molar-refractivity contribution in [1.82, 2.24) is 13.9 Å². The number of sulfonamides is 1. The van der Waals surface area contributed by atoms with Crippen molar-refractivity contribution in [3.63, 3.8) is 0 Å². The lowest BCUT2D eigenvalue weighted by Crippen LogP contribution is -2.22. The van der Waals surface area contributed by atoms with Gasteiger partial charge in [0.05, 0.1) is 11.4 Å². The molecule has 2 rings (SSSR count). The number of hydrogen-bond donors (Lipinski definition) is 0. The summed E-state index contributed by atoms with van der Waals surface area (Å²) < 4.78 is 32.0. The Hall–Kier alpha value is -2.46. The molecule has 0 aliphatic rings. The second-order valence-electron chi connectivity index (χ2n) is 4.83. The van der Waals surface area contributed by atoms with Gasteiger partial charge >= 0.3 is 5.82 Å². The Bertz CT molecular complexity index is 783. The fourth-order valence-corrected chi connectivity index (χ4v) is 2.65. The molecule has 10 heteroatoms. The quantitative estimate of drug-likeness (QED) is 0.552. The summed E-state index contributed by atoms with van der Waals surface area (Å²) in [6.07, 6.45) is 2.67. The van der Waals surface area contributed by atoms with Crippen molar-refractivity contribution in [2.45, 2.75) is 11.4 Å². The number of nitro groups is 1. The van der Waals surface area contributed by atoms with Gasteiger partial charge in [0.25, 0.3) is 0 Å². The first-order chi connectivity index (χ1) is 10.8. The second kappa shape index (κ2) is 6.75. The van der Waals surface area contributed by atoms with Crippen molar-refractivity contribution in [2.75, 3.05) is 20.7 Å². The standard InChI is InChI=1S/C13H16N4O5S/c1-15(2)23(20,21)12-5-3-11(4-6-12)22-8-7-16-9-13(14-10-16)17(18)19/h3-6,9-10H,7-8H2,1-2H3. The highest BCUT2D eigenvalue weighted by Crippen LogP contribution is 2.18. The third kappa shape index (κ3) is 4.05. The Labute approximate surface area is 133 Å². The molecule has 1 aromatic carbocycles. The van der Waals surface area contributed by atoms with Crippen molar-refractivity contribution in [2.24, 2.45) is 0 Å². The predicted octanol–water partition coefficient (Wildman–Crippen LogP) is 1.12. The molecule has 2 aromatic rings. The fraction of sp³-hybridized carbons (Fsp3) is 0.308. The minimum absolute atomic E-state index is 0.181. The molecule has 0 fully saturated rings. The second-order valence-corrected chi connectivity index (χ2v) is 6.99. The van der Waals surface area contributed by atoms with Gasteiger partial charge in [-0.1, -0.05) is 0 Å². The van der Waals surface area contributed by atoms with E-state index in [1.807, 2.05) is 0 Å². The van der Waals surface area contributed by atoms with Crippen LogP contribution in [0.25, 0.3) is 0 Å². The van der Waals surface area contributed by atoms with E-state index in [0.717, 1.165) is 4.31 Å². The van der Waals surface area contributed by atoms with Crippen molar-refractivity contribution in [3.05, 3.63) is 46.9 Å². The number of aromatic nitrogens is 2. The van der Waals surface area contributed by atoms with Crippen molar-refractivity contribution < 1.29 is 18.1 Å². The molecule has 0 saturated carbocycles. The van der Waals surface area contributed by atoms with Crippen LogP contribution in [-0.2, 0) is 16.6 Å². The van der Waals surface area contributed by atoms with Crippen LogP contribution >= 0.6 is 0 Å². The van der Waals surface area contributed by atoms with Gasteiger partial charge in [0.2, 0.25) is 16.4 Å². The monoisotopic (exact) mass is 340 g/mol. The van der Waals surface area contributed by atoms with E-state index >= 15 is 0 Å². The third-order valence-corrected chi connectivity index (χ3v) is 4.86. The summed E-state index contributed by atoms with van der Waals surface area (Å²) >= 11 is 0. The van der Waals surface area contributed by atoms with Crippen LogP contribution in [0.4, 0.5) is 5.82 Å². The SMILES string of the molecule is CN(C)S(=O)(=O)c1ccc(OCCn2cnc([N+](=O)[O-])c2)cc1. The highest BCUT2D eigenvalue weighted by atomic mass is 32.2. The van der Waals surface area contributed by atoms with Crippen LogP contribution in [0.15, 0.2) is 41.7 Å². The first-order valence-electron chi connectivity index (χ1n) is 6.62. The van der Waals surface area contributed by atoms with E-state index in [1.165, 1.54) is 38.8 Å². The molecule has 23 heavy (non-hydrogen) atoms. The number of rotatable bonds is 7. The van der Waals surface area contributed by atoms with Gasteiger partial charge in [0.1, 0.15) is 18.6 Å². The maximum atomic E-state index is 11.9. The molecule has 0 N–H and O–H groups in total. The summed E-state index contributed by atoms with van der Waals surface area (Å²) in [6, 6.07) is 6.05. The van der Waals surface area contributed by atoms with Gasteiger partial charge in [-0.2, -0.15) is 0 Å². The lowest BCUT2D eigenvalue weighted by atomic mass is 10.3. The lowest BCUT2D eigenvalue weighted by molar-refractivity contribution is -0.389. The zero-order valence-electron chi connectivity index (χ0n) is 12.6. The van der Waals surface area contributed by atoms with Crippen LogP contribution in [0.1, 0.15) is 0 Å². The molecule has 0 aliphatic carbocycles. The summed E-state index contributed by atoms with van der Waals surface area (Å²) in [6.45, 7) is 0.659. The van der Waals surface area contributed by atoms with Gasteiger partial charge in [-0.05, 0) is 34.2 Å². The molecule has 0 bridgehead atoms. The first-order valence-corrected chi connectivity index (χ1v) is 8.06. The van der Waals surface area contributed by atoms with Crippen molar-refractivity contribution in [3.8, 4) is 5.75 Å². The van der Waals surface area contributed by atoms with E-state index < -0.39 is 14.9 Å². The molecule has 1 heterocycles. The number of nitrogens with zero attached hydrogens (tertiary/aromatic N) is 4. The molecule has 124 valence electrons. The number of benzene rings is 1. The Morgan fingerprint density at radius 1 is 1.30 bits per heavy atom. The molecule has 0 amide bonds. The molecule has 0 radical (unpaired) electrons. The molecule has 9 nitrogen and oxygen atoms in total. The third-order valence-electron chi connectivity index (χ3n) is 3.03. The normalized spacial score (nSPS) is 11.6. The fourth-order valence-electron chi connectivity index (χ4n) is 1.75. The van der Waals surface area contributed by atoms with Crippen molar-refractivity contribution >= 4 is 15.8 Å². The van der Waals surface area contributed by atoms with Crippen LogP contribution in [0.2, 0.25) is 0 Å². The molecule has 0 aliphatic heterocycles. The smallest absolute Gasteiger partial charge is 0.381 e. The summed E-state index contributed by atoms with van der Waals surface area (Å²) in [5, 5.41) is 10.5.